The van der Waals surface area contributed by atoms with E-state index in [9.17, 15) is 9.90 Å². The summed E-state index contributed by atoms with van der Waals surface area (Å²) in [6, 6.07) is 14.1. The average Bonchev–Trinajstić information content (AvgIpc) is 2.72. The molecule has 7 nitrogen and oxygen atoms in total. The molecule has 0 bridgehead atoms. The van der Waals surface area contributed by atoms with Crippen LogP contribution < -0.4 is 20.7 Å². The van der Waals surface area contributed by atoms with Crippen LogP contribution >= 0.6 is 24.0 Å². The second kappa shape index (κ2) is 13.6. The lowest BCUT2D eigenvalue weighted by Gasteiger charge is -2.12. The Kier molecular flexibility index (Phi) is 11.6. The number of guanidine groups is 1. The van der Waals surface area contributed by atoms with Crippen LogP contribution in [0.2, 0.25) is 0 Å². The van der Waals surface area contributed by atoms with Gasteiger partial charge in [-0.15, -0.1) is 24.0 Å². The molecule has 0 aliphatic heterocycles. The second-order valence-corrected chi connectivity index (χ2v) is 6.13. The first-order valence-corrected chi connectivity index (χ1v) is 9.34. The van der Waals surface area contributed by atoms with Crippen LogP contribution in [-0.4, -0.2) is 43.7 Å². The molecular formula is C21H29IN4O3. The van der Waals surface area contributed by atoms with E-state index in [1.54, 1.807) is 19.2 Å². The minimum absolute atomic E-state index is 0. The number of benzene rings is 2. The summed E-state index contributed by atoms with van der Waals surface area (Å²) in [7, 11) is 1.65. The van der Waals surface area contributed by atoms with Gasteiger partial charge in [0.05, 0.1) is 13.7 Å². The van der Waals surface area contributed by atoms with Gasteiger partial charge in [0, 0.05) is 25.2 Å². The number of aliphatic imine (C=N–C) groups is 1. The molecule has 2 aromatic carbocycles. The monoisotopic (exact) mass is 512 g/mol. The number of nitrogens with zero attached hydrogens (tertiary/aromatic N) is 1. The van der Waals surface area contributed by atoms with Gasteiger partial charge in [-0.2, -0.15) is 0 Å². The number of rotatable bonds is 9. The molecule has 1 amide bonds. The molecule has 158 valence electrons. The molecule has 0 aliphatic rings. The zero-order chi connectivity index (χ0) is 20.2. The molecule has 0 unspecified atom stereocenters. The smallest absolute Gasteiger partial charge is 0.251 e. The molecule has 4 N–H and O–H groups in total. The third-order valence-corrected chi connectivity index (χ3v) is 3.96. The van der Waals surface area contributed by atoms with Crippen LogP contribution in [0.1, 0.15) is 29.3 Å². The van der Waals surface area contributed by atoms with E-state index < -0.39 is 0 Å². The number of hydrogen-bond donors (Lipinski definition) is 4. The summed E-state index contributed by atoms with van der Waals surface area (Å²) < 4.78 is 5.16. The van der Waals surface area contributed by atoms with Gasteiger partial charge in [0.1, 0.15) is 11.5 Å². The SMILES string of the molecule is CCNC(=NCc1ccc(OC)cc1)NCCCNC(=O)c1cccc(O)c1.I. The predicted molar refractivity (Wildman–Crippen MR) is 126 cm³/mol. The maximum Gasteiger partial charge on any atom is 0.251 e. The predicted octanol–water partition coefficient (Wildman–Crippen LogP) is 2.89. The number of amides is 1. The van der Waals surface area contributed by atoms with Gasteiger partial charge in [-0.05, 0) is 49.2 Å². The number of ether oxygens (including phenoxy) is 1. The van der Waals surface area contributed by atoms with Crippen LogP contribution in [0, 0.1) is 0 Å². The summed E-state index contributed by atoms with van der Waals surface area (Å²) in [6.07, 6.45) is 0.748. The average molecular weight is 512 g/mol. The van der Waals surface area contributed by atoms with Gasteiger partial charge in [-0.3, -0.25) is 4.79 Å². The van der Waals surface area contributed by atoms with Crippen LogP contribution in [0.4, 0.5) is 0 Å². The summed E-state index contributed by atoms with van der Waals surface area (Å²) in [4.78, 5) is 16.6. The summed E-state index contributed by atoms with van der Waals surface area (Å²) in [5.74, 6) is 1.44. The number of carbonyl (C=O) groups excluding carboxylic acids is 1. The minimum Gasteiger partial charge on any atom is -0.508 e. The van der Waals surface area contributed by atoms with Crippen molar-refractivity contribution in [1.82, 2.24) is 16.0 Å². The Balaban J connectivity index is 0.00000420. The maximum absolute atomic E-state index is 12.0. The largest absolute Gasteiger partial charge is 0.508 e. The molecule has 8 heteroatoms. The van der Waals surface area contributed by atoms with Crippen molar-refractivity contribution in [3.63, 3.8) is 0 Å². The summed E-state index contributed by atoms with van der Waals surface area (Å²) in [6.45, 7) is 4.55. The molecule has 0 aromatic heterocycles. The highest BCUT2D eigenvalue weighted by Gasteiger charge is 2.05. The van der Waals surface area contributed by atoms with Gasteiger partial charge in [0.15, 0.2) is 5.96 Å². The fourth-order valence-corrected chi connectivity index (χ4v) is 2.49. The lowest BCUT2D eigenvalue weighted by Crippen LogP contribution is -2.38. The van der Waals surface area contributed by atoms with Crippen molar-refractivity contribution >= 4 is 35.8 Å². The topological polar surface area (TPSA) is 95.0 Å². The standard InChI is InChI=1S/C21H28N4O3.HI/c1-3-22-21(25-15-16-8-10-19(28-2)11-9-16)24-13-5-12-23-20(27)17-6-4-7-18(26)14-17;/h4,6-11,14,26H,3,5,12-13,15H2,1-2H3,(H,23,27)(H2,22,24,25);1H. The van der Waals surface area contributed by atoms with Gasteiger partial charge >= 0.3 is 0 Å². The number of carbonyl (C=O) groups is 1. The summed E-state index contributed by atoms with van der Waals surface area (Å²) in [5.41, 5.74) is 1.54. The molecule has 0 atom stereocenters. The quantitative estimate of drug-likeness (QED) is 0.180. The Morgan fingerprint density at radius 3 is 2.45 bits per heavy atom. The molecule has 0 radical (unpaired) electrons. The van der Waals surface area contributed by atoms with Gasteiger partial charge in [0.2, 0.25) is 0 Å². The first-order valence-electron chi connectivity index (χ1n) is 9.34. The molecule has 0 spiro atoms. The molecule has 0 saturated carbocycles. The fraction of sp³-hybridized carbons (Fsp3) is 0.333. The Labute approximate surface area is 189 Å². The van der Waals surface area contributed by atoms with Crippen LogP contribution in [0.5, 0.6) is 11.5 Å². The maximum atomic E-state index is 12.0. The third kappa shape index (κ3) is 9.03. The first-order chi connectivity index (χ1) is 13.6. The van der Waals surface area contributed by atoms with E-state index in [0.717, 1.165) is 30.2 Å². The minimum atomic E-state index is -0.198. The van der Waals surface area contributed by atoms with E-state index in [0.29, 0.717) is 25.2 Å². The van der Waals surface area contributed by atoms with Crippen molar-refractivity contribution in [1.29, 1.82) is 0 Å². The molecule has 2 rings (SSSR count). The Bertz CT molecular complexity index is 782. The molecule has 29 heavy (non-hydrogen) atoms. The molecule has 0 saturated heterocycles. The lowest BCUT2D eigenvalue weighted by atomic mass is 10.2. The van der Waals surface area contributed by atoms with Crippen LogP contribution in [0.3, 0.4) is 0 Å². The Morgan fingerprint density at radius 1 is 1.07 bits per heavy atom. The summed E-state index contributed by atoms with van der Waals surface area (Å²) >= 11 is 0. The van der Waals surface area contributed by atoms with Crippen molar-refractivity contribution < 1.29 is 14.6 Å². The van der Waals surface area contributed by atoms with E-state index >= 15 is 0 Å². The number of methoxy groups -OCH3 is 1. The van der Waals surface area contributed by atoms with Crippen molar-refractivity contribution in [2.75, 3.05) is 26.7 Å². The Morgan fingerprint density at radius 2 is 1.79 bits per heavy atom. The molecule has 0 aliphatic carbocycles. The lowest BCUT2D eigenvalue weighted by molar-refractivity contribution is 0.0953. The van der Waals surface area contributed by atoms with Crippen LogP contribution in [-0.2, 0) is 6.54 Å². The van der Waals surface area contributed by atoms with Crippen molar-refractivity contribution in [3.8, 4) is 11.5 Å². The first kappa shape index (κ1) is 24.5. The Hall–Kier alpha value is -2.49. The van der Waals surface area contributed by atoms with Crippen molar-refractivity contribution in [2.45, 2.75) is 19.9 Å². The zero-order valence-electron chi connectivity index (χ0n) is 16.8. The number of hydrogen-bond acceptors (Lipinski definition) is 4. The van der Waals surface area contributed by atoms with Gasteiger partial charge < -0.3 is 25.8 Å². The highest BCUT2D eigenvalue weighted by Crippen LogP contribution is 2.12. The third-order valence-electron chi connectivity index (χ3n) is 3.96. The van der Waals surface area contributed by atoms with Gasteiger partial charge in [-0.25, -0.2) is 4.99 Å². The van der Waals surface area contributed by atoms with Gasteiger partial charge in [0.25, 0.3) is 5.91 Å². The molecule has 2 aromatic rings. The second-order valence-electron chi connectivity index (χ2n) is 6.13. The highest BCUT2D eigenvalue weighted by atomic mass is 127. The van der Waals surface area contributed by atoms with E-state index in [-0.39, 0.29) is 35.6 Å². The van der Waals surface area contributed by atoms with Crippen LogP contribution in [0.25, 0.3) is 0 Å². The van der Waals surface area contributed by atoms with Crippen molar-refractivity contribution in [2.24, 2.45) is 4.99 Å². The number of phenolic OH excluding ortho intramolecular Hbond substituents is 1. The molecule has 0 fully saturated rings. The molecule has 0 heterocycles. The van der Waals surface area contributed by atoms with E-state index in [1.807, 2.05) is 31.2 Å². The van der Waals surface area contributed by atoms with E-state index in [2.05, 4.69) is 20.9 Å². The highest BCUT2D eigenvalue weighted by molar-refractivity contribution is 14.0. The van der Waals surface area contributed by atoms with E-state index in [1.165, 1.54) is 12.1 Å². The normalized spacial score (nSPS) is 10.6. The molecular weight excluding hydrogens is 483 g/mol. The van der Waals surface area contributed by atoms with Gasteiger partial charge in [-0.1, -0.05) is 18.2 Å². The number of phenols is 1. The van der Waals surface area contributed by atoms with E-state index in [4.69, 9.17) is 4.74 Å². The van der Waals surface area contributed by atoms with Crippen LogP contribution in [0.15, 0.2) is 53.5 Å². The number of nitrogens with one attached hydrogen (secondary N) is 3. The summed E-state index contributed by atoms with van der Waals surface area (Å²) in [5, 5.41) is 18.7. The number of aromatic hydroxyl groups is 1. The number of halogens is 1. The van der Waals surface area contributed by atoms with Crippen molar-refractivity contribution in [3.05, 3.63) is 59.7 Å². The fourth-order valence-electron chi connectivity index (χ4n) is 2.49. The zero-order valence-corrected chi connectivity index (χ0v) is 19.1.